The maximum absolute atomic E-state index is 12.3. The first-order valence-electron chi connectivity index (χ1n) is 9.79. The summed E-state index contributed by atoms with van der Waals surface area (Å²) in [6.45, 7) is 8.11. The summed E-state index contributed by atoms with van der Waals surface area (Å²) >= 11 is 0. The van der Waals surface area contributed by atoms with Gasteiger partial charge in [0, 0.05) is 12.3 Å². The summed E-state index contributed by atoms with van der Waals surface area (Å²) in [4.78, 5) is 23.8. The molecule has 32 heavy (non-hydrogen) atoms. The molecule has 0 amide bonds. The van der Waals surface area contributed by atoms with Crippen molar-refractivity contribution in [3.8, 4) is 5.75 Å². The molecule has 1 aromatic carbocycles. The van der Waals surface area contributed by atoms with Gasteiger partial charge >= 0.3 is 12.1 Å². The second-order valence-electron chi connectivity index (χ2n) is 7.50. The van der Waals surface area contributed by atoms with Gasteiger partial charge in [-0.05, 0) is 29.0 Å². The van der Waals surface area contributed by atoms with Crippen molar-refractivity contribution in [1.82, 2.24) is 0 Å². The van der Waals surface area contributed by atoms with Gasteiger partial charge < -0.3 is 18.8 Å². The number of para-hydroxylation sites is 1. The lowest BCUT2D eigenvalue weighted by atomic mass is 9.94. The number of pyridine rings is 1. The van der Waals surface area contributed by atoms with E-state index in [4.69, 9.17) is 22.4 Å². The van der Waals surface area contributed by atoms with Gasteiger partial charge in [0.25, 0.3) is 6.73 Å². The minimum absolute atomic E-state index is 0.0788. The number of rotatable bonds is 6. The highest BCUT2D eigenvalue weighted by Crippen LogP contribution is 2.34. The Morgan fingerprint density at radius 2 is 1.56 bits per heavy atom. The molecule has 1 heterocycles. The standard InChI is InChI=1S/C21H26NO5.CH4O3S/c1-14(2)17-9-6-10-18(15(3)4)19(17)27-21(24)26-13-22-11-7-8-16(12-22)20(23)25-5;1-5(2,3)4/h6-12,14-15H,13H2,1-5H3;1H3,(H,2,3,4)/q+1;/p-1. The first kappa shape index (κ1) is 27.1. The maximum atomic E-state index is 12.3. The Balaban J connectivity index is 0.000000920. The molecule has 9 nitrogen and oxygen atoms in total. The Morgan fingerprint density at radius 3 is 2.03 bits per heavy atom. The van der Waals surface area contributed by atoms with Crippen molar-refractivity contribution in [2.24, 2.45) is 0 Å². The Kier molecular flexibility index (Phi) is 10.3. The van der Waals surface area contributed by atoms with E-state index in [0.717, 1.165) is 11.1 Å². The largest absolute Gasteiger partial charge is 0.748 e. The molecule has 2 rings (SSSR count). The number of nitrogens with zero attached hydrogens (tertiary/aromatic N) is 1. The zero-order valence-electron chi connectivity index (χ0n) is 19.0. The van der Waals surface area contributed by atoms with Crippen LogP contribution >= 0.6 is 0 Å². The average Bonchev–Trinajstić information content (AvgIpc) is 2.70. The Hall–Kier alpha value is -2.98. The number of aromatic nitrogens is 1. The number of hydrogen-bond donors (Lipinski definition) is 0. The molecule has 0 fully saturated rings. The van der Waals surface area contributed by atoms with Crippen LogP contribution in [0.15, 0.2) is 42.7 Å². The number of carbonyl (C=O) groups is 2. The predicted molar refractivity (Wildman–Crippen MR) is 115 cm³/mol. The molecule has 1 aromatic heterocycles. The highest BCUT2D eigenvalue weighted by Gasteiger charge is 2.20. The quantitative estimate of drug-likeness (QED) is 0.274. The number of esters is 1. The molecule has 0 radical (unpaired) electrons. The van der Waals surface area contributed by atoms with Gasteiger partial charge in [-0.15, -0.1) is 0 Å². The molecule has 0 aliphatic heterocycles. The molecule has 0 saturated carbocycles. The zero-order chi connectivity index (χ0) is 24.5. The molecule has 0 bridgehead atoms. The molecule has 0 saturated heterocycles. The Morgan fingerprint density at radius 1 is 1.03 bits per heavy atom. The molecule has 0 aliphatic carbocycles. The van der Waals surface area contributed by atoms with Crippen LogP contribution in [0.3, 0.4) is 0 Å². The molecule has 0 spiro atoms. The van der Waals surface area contributed by atoms with Gasteiger partial charge in [0.2, 0.25) is 0 Å². The van der Waals surface area contributed by atoms with Crippen molar-refractivity contribution in [3.63, 3.8) is 0 Å². The number of hydrogen-bond acceptors (Lipinski definition) is 8. The molecule has 2 aromatic rings. The van der Waals surface area contributed by atoms with Gasteiger partial charge in [0.05, 0.1) is 17.2 Å². The van der Waals surface area contributed by atoms with Crippen molar-refractivity contribution in [2.45, 2.75) is 46.3 Å². The molecular weight excluding hydrogens is 438 g/mol. The summed E-state index contributed by atoms with van der Waals surface area (Å²) in [6.07, 6.45) is 3.04. The highest BCUT2D eigenvalue weighted by molar-refractivity contribution is 7.84. The summed E-state index contributed by atoms with van der Waals surface area (Å²) < 4.78 is 44.2. The fraction of sp³-hybridized carbons (Fsp3) is 0.409. The van der Waals surface area contributed by atoms with Gasteiger partial charge in [0.1, 0.15) is 11.3 Å². The summed E-state index contributed by atoms with van der Waals surface area (Å²) in [5, 5.41) is 0. The van der Waals surface area contributed by atoms with Crippen molar-refractivity contribution >= 4 is 22.2 Å². The SMILES string of the molecule is COC(=O)c1ccc[n+](COC(=O)Oc2c(C(C)C)cccc2C(C)C)c1.CS(=O)(=O)[O-]. The van der Waals surface area contributed by atoms with Crippen LogP contribution in [-0.2, 0) is 26.3 Å². The van der Waals surface area contributed by atoms with Gasteiger partial charge in [-0.25, -0.2) is 18.0 Å². The number of ether oxygens (including phenoxy) is 3. The first-order valence-corrected chi connectivity index (χ1v) is 11.6. The third-order valence-electron chi connectivity index (χ3n) is 4.12. The van der Waals surface area contributed by atoms with Crippen LogP contribution in [0.2, 0.25) is 0 Å². The van der Waals surface area contributed by atoms with Crippen LogP contribution in [0.5, 0.6) is 5.75 Å². The van der Waals surface area contributed by atoms with Gasteiger partial charge in [-0.2, -0.15) is 4.57 Å². The third-order valence-corrected chi connectivity index (χ3v) is 4.12. The zero-order valence-corrected chi connectivity index (χ0v) is 19.8. The second kappa shape index (κ2) is 12.2. The van der Waals surface area contributed by atoms with Crippen LogP contribution in [-0.4, -0.2) is 38.5 Å². The lowest BCUT2D eigenvalue weighted by molar-refractivity contribution is -0.727. The monoisotopic (exact) mass is 467 g/mol. The van der Waals surface area contributed by atoms with Gasteiger partial charge in [-0.3, -0.25) is 0 Å². The van der Waals surface area contributed by atoms with Crippen molar-refractivity contribution in [2.75, 3.05) is 13.4 Å². The van der Waals surface area contributed by atoms with Crippen LogP contribution in [0.4, 0.5) is 4.79 Å². The van der Waals surface area contributed by atoms with Gasteiger partial charge in [-0.1, -0.05) is 45.9 Å². The smallest absolute Gasteiger partial charge is 0.518 e. The van der Waals surface area contributed by atoms with E-state index in [1.807, 2.05) is 45.9 Å². The molecule has 10 heteroatoms. The average molecular weight is 468 g/mol. The van der Waals surface area contributed by atoms with E-state index in [2.05, 4.69) is 4.74 Å². The van der Waals surface area contributed by atoms with Crippen LogP contribution < -0.4 is 9.30 Å². The molecule has 0 N–H and O–H groups in total. The molecular formula is C22H29NO8S. The number of benzene rings is 1. The summed E-state index contributed by atoms with van der Waals surface area (Å²) in [5.74, 6) is 0.510. The minimum Gasteiger partial charge on any atom is -0.748 e. The number of methoxy groups -OCH3 is 1. The molecule has 0 aliphatic rings. The van der Waals surface area contributed by atoms with Crippen molar-refractivity contribution < 1.29 is 41.3 Å². The van der Waals surface area contributed by atoms with Gasteiger partial charge in [0.15, 0.2) is 12.4 Å². The van der Waals surface area contributed by atoms with E-state index in [0.29, 0.717) is 17.6 Å². The third kappa shape index (κ3) is 9.44. The second-order valence-corrected chi connectivity index (χ2v) is 8.91. The van der Waals surface area contributed by atoms with E-state index >= 15 is 0 Å². The summed E-state index contributed by atoms with van der Waals surface area (Å²) in [6, 6.07) is 9.17. The Labute approximate surface area is 188 Å². The lowest BCUT2D eigenvalue weighted by Crippen LogP contribution is -2.37. The van der Waals surface area contributed by atoms with E-state index in [1.54, 1.807) is 29.1 Å². The van der Waals surface area contributed by atoms with E-state index < -0.39 is 22.2 Å². The predicted octanol–water partition coefficient (Wildman–Crippen LogP) is 3.34. The van der Waals surface area contributed by atoms with E-state index in [1.165, 1.54) is 7.11 Å². The van der Waals surface area contributed by atoms with E-state index in [-0.39, 0.29) is 18.6 Å². The fourth-order valence-electron chi connectivity index (χ4n) is 2.68. The summed E-state index contributed by atoms with van der Waals surface area (Å²) in [7, 11) is -2.61. The fourth-order valence-corrected chi connectivity index (χ4v) is 2.68. The van der Waals surface area contributed by atoms with Crippen LogP contribution in [0, 0.1) is 0 Å². The minimum atomic E-state index is -3.92. The molecule has 176 valence electrons. The maximum Gasteiger partial charge on any atom is 0.518 e. The number of carbonyl (C=O) groups excluding carboxylic acids is 2. The molecule has 0 unspecified atom stereocenters. The normalized spacial score (nSPS) is 10.9. The van der Waals surface area contributed by atoms with Crippen molar-refractivity contribution in [1.29, 1.82) is 0 Å². The Bertz CT molecular complexity index is 998. The lowest BCUT2D eigenvalue weighted by Gasteiger charge is -2.18. The first-order chi connectivity index (χ1) is 14.8. The van der Waals surface area contributed by atoms with Crippen LogP contribution in [0.1, 0.15) is 61.0 Å². The molecule has 0 atom stereocenters. The van der Waals surface area contributed by atoms with Crippen LogP contribution in [0.25, 0.3) is 0 Å². The highest BCUT2D eigenvalue weighted by atomic mass is 32.2. The van der Waals surface area contributed by atoms with Crippen molar-refractivity contribution in [3.05, 3.63) is 59.4 Å². The van der Waals surface area contributed by atoms with E-state index in [9.17, 15) is 9.59 Å². The topological polar surface area (TPSA) is 123 Å². The summed E-state index contributed by atoms with van der Waals surface area (Å²) in [5.41, 5.74) is 2.28.